The Balaban J connectivity index is 2.12. The van der Waals surface area contributed by atoms with Crippen LogP contribution in [0, 0.1) is 5.92 Å². The van der Waals surface area contributed by atoms with Crippen LogP contribution in [0.25, 0.3) is 0 Å². The van der Waals surface area contributed by atoms with Crippen LogP contribution in [-0.2, 0) is 0 Å². The van der Waals surface area contributed by atoms with E-state index in [1.165, 1.54) is 45.2 Å². The zero-order valence-electron chi connectivity index (χ0n) is 7.97. The van der Waals surface area contributed by atoms with Gasteiger partial charge < -0.3 is 4.90 Å². The van der Waals surface area contributed by atoms with E-state index in [-0.39, 0.29) is 0 Å². The molecule has 0 aromatic rings. The van der Waals surface area contributed by atoms with Crippen molar-refractivity contribution in [3.63, 3.8) is 0 Å². The van der Waals surface area contributed by atoms with E-state index in [1.54, 1.807) is 0 Å². The molecule has 0 amide bonds. The fourth-order valence-corrected chi connectivity index (χ4v) is 2.00. The van der Waals surface area contributed by atoms with Crippen LogP contribution in [0.5, 0.6) is 0 Å². The molecule has 0 aromatic heterocycles. The molecule has 0 aliphatic carbocycles. The maximum atomic E-state index is 2.48. The van der Waals surface area contributed by atoms with Crippen LogP contribution in [0.4, 0.5) is 0 Å². The van der Waals surface area contributed by atoms with Crippen molar-refractivity contribution in [3.05, 3.63) is 0 Å². The average Bonchev–Trinajstić information content (AvgIpc) is 2.01. The molecule has 66 valence electrons. The Hall–Kier alpha value is -0.0400. The van der Waals surface area contributed by atoms with Crippen LogP contribution < -0.4 is 0 Å². The zero-order valence-corrected chi connectivity index (χ0v) is 7.97. The van der Waals surface area contributed by atoms with Gasteiger partial charge in [-0.25, -0.2) is 0 Å². The molecule has 1 heteroatoms. The second kappa shape index (κ2) is 4.76. The smallest absolute Gasteiger partial charge is 0.000661 e. The Morgan fingerprint density at radius 3 is 2.91 bits per heavy atom. The Morgan fingerprint density at radius 1 is 1.45 bits per heavy atom. The number of rotatable bonds is 3. The molecule has 1 nitrogen and oxygen atoms in total. The van der Waals surface area contributed by atoms with Gasteiger partial charge in [0.15, 0.2) is 0 Å². The maximum Gasteiger partial charge on any atom is 0.000661 e. The first-order valence-electron chi connectivity index (χ1n) is 5.01. The fourth-order valence-electron chi connectivity index (χ4n) is 2.00. The van der Waals surface area contributed by atoms with Crippen molar-refractivity contribution < 1.29 is 0 Å². The SMILES string of the molecule is CCCCC1CCCN(C)C1. The number of piperidine rings is 1. The number of hydrogen-bond donors (Lipinski definition) is 0. The summed E-state index contributed by atoms with van der Waals surface area (Å²) in [5.74, 6) is 1.01. The standard InChI is InChI=1S/C10H21N/c1-3-4-6-10-7-5-8-11(2)9-10/h10H,3-9H2,1-2H3. The van der Waals surface area contributed by atoms with Crippen LogP contribution in [0.3, 0.4) is 0 Å². The van der Waals surface area contributed by atoms with Gasteiger partial charge in [-0.2, -0.15) is 0 Å². The van der Waals surface area contributed by atoms with Crippen molar-refractivity contribution in [2.45, 2.75) is 39.0 Å². The molecule has 1 aliphatic rings. The summed E-state index contributed by atoms with van der Waals surface area (Å²) < 4.78 is 0. The van der Waals surface area contributed by atoms with Gasteiger partial charge in [0.05, 0.1) is 0 Å². The molecule has 0 spiro atoms. The van der Waals surface area contributed by atoms with E-state index in [2.05, 4.69) is 18.9 Å². The molecule has 0 bridgehead atoms. The molecular formula is C10H21N. The van der Waals surface area contributed by atoms with Crippen LogP contribution in [0.2, 0.25) is 0 Å². The monoisotopic (exact) mass is 155 g/mol. The van der Waals surface area contributed by atoms with E-state index in [0.29, 0.717) is 0 Å². The van der Waals surface area contributed by atoms with E-state index in [4.69, 9.17) is 0 Å². The van der Waals surface area contributed by atoms with Crippen LogP contribution in [0.15, 0.2) is 0 Å². The summed E-state index contributed by atoms with van der Waals surface area (Å²) in [6.45, 7) is 4.95. The molecule has 1 rings (SSSR count). The quantitative estimate of drug-likeness (QED) is 0.605. The molecule has 0 aromatic carbocycles. The summed E-state index contributed by atoms with van der Waals surface area (Å²) >= 11 is 0. The van der Waals surface area contributed by atoms with E-state index < -0.39 is 0 Å². The van der Waals surface area contributed by atoms with E-state index in [0.717, 1.165) is 5.92 Å². The highest BCUT2D eigenvalue weighted by molar-refractivity contribution is 4.69. The van der Waals surface area contributed by atoms with Crippen molar-refractivity contribution in [2.24, 2.45) is 5.92 Å². The maximum absolute atomic E-state index is 2.48. The summed E-state index contributed by atoms with van der Waals surface area (Å²) in [6, 6.07) is 0. The molecule has 1 atom stereocenters. The first-order chi connectivity index (χ1) is 5.33. The van der Waals surface area contributed by atoms with Crippen molar-refractivity contribution in [2.75, 3.05) is 20.1 Å². The summed E-state index contributed by atoms with van der Waals surface area (Å²) in [7, 11) is 2.25. The molecule has 1 aliphatic heterocycles. The first-order valence-corrected chi connectivity index (χ1v) is 5.01. The third-order valence-electron chi connectivity index (χ3n) is 2.69. The second-order valence-corrected chi connectivity index (χ2v) is 3.91. The van der Waals surface area contributed by atoms with Crippen molar-refractivity contribution in [1.29, 1.82) is 0 Å². The number of nitrogens with zero attached hydrogens (tertiary/aromatic N) is 1. The van der Waals surface area contributed by atoms with E-state index >= 15 is 0 Å². The average molecular weight is 155 g/mol. The van der Waals surface area contributed by atoms with E-state index in [9.17, 15) is 0 Å². The third kappa shape index (κ3) is 3.24. The lowest BCUT2D eigenvalue weighted by molar-refractivity contribution is 0.200. The van der Waals surface area contributed by atoms with Gasteiger partial charge in [-0.1, -0.05) is 19.8 Å². The fraction of sp³-hybridized carbons (Fsp3) is 1.00. The summed E-state index contributed by atoms with van der Waals surface area (Å²) in [5, 5.41) is 0. The molecule has 0 radical (unpaired) electrons. The van der Waals surface area contributed by atoms with Gasteiger partial charge in [0.25, 0.3) is 0 Å². The van der Waals surface area contributed by atoms with E-state index in [1.807, 2.05) is 0 Å². The van der Waals surface area contributed by atoms with Gasteiger partial charge >= 0.3 is 0 Å². The largest absolute Gasteiger partial charge is 0.306 e. The first kappa shape index (κ1) is 9.05. The van der Waals surface area contributed by atoms with Gasteiger partial charge in [0, 0.05) is 6.54 Å². The Bertz CT molecular complexity index is 101. The lowest BCUT2D eigenvalue weighted by Crippen LogP contribution is -2.31. The normalized spacial score (nSPS) is 27.3. The summed E-state index contributed by atoms with van der Waals surface area (Å²) in [4.78, 5) is 2.48. The molecule has 0 saturated carbocycles. The van der Waals surface area contributed by atoms with Gasteiger partial charge in [-0.3, -0.25) is 0 Å². The highest BCUT2D eigenvalue weighted by atomic mass is 15.1. The second-order valence-electron chi connectivity index (χ2n) is 3.91. The summed E-state index contributed by atoms with van der Waals surface area (Å²) in [5.41, 5.74) is 0. The lowest BCUT2D eigenvalue weighted by Gasteiger charge is -2.29. The van der Waals surface area contributed by atoms with Gasteiger partial charge in [-0.15, -0.1) is 0 Å². The highest BCUT2D eigenvalue weighted by Crippen LogP contribution is 2.20. The van der Waals surface area contributed by atoms with Crippen LogP contribution in [-0.4, -0.2) is 25.0 Å². The Morgan fingerprint density at radius 2 is 2.27 bits per heavy atom. The molecule has 1 saturated heterocycles. The molecule has 11 heavy (non-hydrogen) atoms. The zero-order chi connectivity index (χ0) is 8.10. The minimum atomic E-state index is 1.01. The minimum Gasteiger partial charge on any atom is -0.306 e. The predicted molar refractivity (Wildman–Crippen MR) is 49.7 cm³/mol. The molecule has 1 heterocycles. The van der Waals surface area contributed by atoms with Crippen molar-refractivity contribution >= 4 is 0 Å². The predicted octanol–water partition coefficient (Wildman–Crippen LogP) is 2.52. The Kier molecular flexibility index (Phi) is 3.92. The number of likely N-dealkylation sites (tertiary alicyclic amines) is 1. The van der Waals surface area contributed by atoms with Gasteiger partial charge in [0.1, 0.15) is 0 Å². The van der Waals surface area contributed by atoms with Gasteiger partial charge in [0.2, 0.25) is 0 Å². The van der Waals surface area contributed by atoms with Crippen LogP contribution >= 0.6 is 0 Å². The molecule has 1 fully saturated rings. The number of hydrogen-bond acceptors (Lipinski definition) is 1. The van der Waals surface area contributed by atoms with Crippen LogP contribution in [0.1, 0.15) is 39.0 Å². The Labute approximate surface area is 70.8 Å². The van der Waals surface area contributed by atoms with Gasteiger partial charge in [-0.05, 0) is 38.8 Å². The summed E-state index contributed by atoms with van der Waals surface area (Å²) in [6.07, 6.45) is 7.15. The minimum absolute atomic E-state index is 1.01. The molecule has 0 N–H and O–H groups in total. The topological polar surface area (TPSA) is 3.24 Å². The lowest BCUT2D eigenvalue weighted by atomic mass is 9.93. The van der Waals surface area contributed by atoms with Crippen molar-refractivity contribution in [3.8, 4) is 0 Å². The van der Waals surface area contributed by atoms with Crippen molar-refractivity contribution in [1.82, 2.24) is 4.90 Å². The third-order valence-corrected chi connectivity index (χ3v) is 2.69. The highest BCUT2D eigenvalue weighted by Gasteiger charge is 2.15. The number of unbranched alkanes of at least 4 members (excludes halogenated alkanes) is 1. The molecule has 1 unspecified atom stereocenters. The molecular weight excluding hydrogens is 134 g/mol.